The van der Waals surface area contributed by atoms with Crippen LogP contribution in [0.15, 0.2) is 42.6 Å². The van der Waals surface area contributed by atoms with Gasteiger partial charge in [0.05, 0.1) is 25.0 Å². The van der Waals surface area contributed by atoms with Gasteiger partial charge in [-0.25, -0.2) is 0 Å². The highest BCUT2D eigenvalue weighted by Gasteiger charge is 2.05. The Bertz CT molecular complexity index is 587. The molecule has 0 bridgehead atoms. The van der Waals surface area contributed by atoms with Crippen LogP contribution >= 0.6 is 12.2 Å². The topological polar surface area (TPSA) is 46.2 Å². The lowest BCUT2D eigenvalue weighted by Gasteiger charge is -2.13. The van der Waals surface area contributed by atoms with Crippen LogP contribution in [0.1, 0.15) is 11.3 Å². The molecular weight excluding hydrogens is 270 g/mol. The zero-order valence-electron chi connectivity index (χ0n) is 11.5. The molecule has 0 saturated heterocycles. The molecule has 2 aromatic rings. The molecule has 0 aliphatic carbocycles. The van der Waals surface area contributed by atoms with Crippen molar-refractivity contribution in [2.45, 2.75) is 13.5 Å². The molecule has 0 spiro atoms. The summed E-state index contributed by atoms with van der Waals surface area (Å²) in [4.78, 5) is 4.23. The van der Waals surface area contributed by atoms with E-state index in [9.17, 15) is 0 Å². The number of benzene rings is 1. The Morgan fingerprint density at radius 3 is 2.85 bits per heavy atom. The average molecular weight is 287 g/mol. The van der Waals surface area contributed by atoms with Gasteiger partial charge in [0.2, 0.25) is 0 Å². The fourth-order valence-corrected chi connectivity index (χ4v) is 1.94. The van der Waals surface area contributed by atoms with Gasteiger partial charge < -0.3 is 15.4 Å². The van der Waals surface area contributed by atoms with Crippen LogP contribution in [0, 0.1) is 6.92 Å². The van der Waals surface area contributed by atoms with Gasteiger partial charge in [-0.05, 0) is 49.0 Å². The standard InChI is InChI=1S/C15H17N3OS/c1-11-6-7-14(19-2)13(9-11)18-15(20)17-10-12-5-3-4-8-16-12/h3-9H,10H2,1-2H3,(H2,17,18,20). The van der Waals surface area contributed by atoms with Gasteiger partial charge in [-0.3, -0.25) is 4.98 Å². The molecule has 2 N–H and O–H groups in total. The van der Waals surface area contributed by atoms with E-state index in [1.54, 1.807) is 13.3 Å². The molecule has 0 aliphatic rings. The van der Waals surface area contributed by atoms with Crippen LogP contribution in [0.5, 0.6) is 5.75 Å². The Morgan fingerprint density at radius 1 is 1.30 bits per heavy atom. The number of hydrogen-bond acceptors (Lipinski definition) is 3. The molecular formula is C15H17N3OS. The molecule has 0 atom stereocenters. The Hall–Kier alpha value is -2.14. The SMILES string of the molecule is COc1ccc(C)cc1NC(=S)NCc1ccccn1. The van der Waals surface area contributed by atoms with Crippen molar-refractivity contribution in [2.75, 3.05) is 12.4 Å². The Balaban J connectivity index is 1.96. The first-order valence-electron chi connectivity index (χ1n) is 6.28. The van der Waals surface area contributed by atoms with Crippen molar-refractivity contribution in [2.24, 2.45) is 0 Å². The zero-order valence-corrected chi connectivity index (χ0v) is 12.3. The van der Waals surface area contributed by atoms with Gasteiger partial charge in [-0.15, -0.1) is 0 Å². The molecule has 104 valence electrons. The van der Waals surface area contributed by atoms with Crippen LogP contribution in [-0.2, 0) is 6.54 Å². The molecule has 1 aromatic carbocycles. The Morgan fingerprint density at radius 2 is 2.15 bits per heavy atom. The molecule has 0 amide bonds. The molecule has 2 rings (SSSR count). The van der Waals surface area contributed by atoms with Gasteiger partial charge in [-0.2, -0.15) is 0 Å². The van der Waals surface area contributed by atoms with Crippen LogP contribution in [-0.4, -0.2) is 17.2 Å². The first-order valence-corrected chi connectivity index (χ1v) is 6.69. The first kappa shape index (κ1) is 14.3. The van der Waals surface area contributed by atoms with Gasteiger partial charge >= 0.3 is 0 Å². The second-order valence-electron chi connectivity index (χ2n) is 4.33. The summed E-state index contributed by atoms with van der Waals surface area (Å²) in [5.74, 6) is 0.762. The maximum Gasteiger partial charge on any atom is 0.171 e. The number of rotatable bonds is 4. The second kappa shape index (κ2) is 6.86. The third-order valence-corrected chi connectivity index (χ3v) is 3.01. The van der Waals surface area contributed by atoms with Crippen LogP contribution in [0.3, 0.4) is 0 Å². The number of aryl methyl sites for hydroxylation is 1. The number of nitrogens with one attached hydrogen (secondary N) is 2. The van der Waals surface area contributed by atoms with Crippen LogP contribution < -0.4 is 15.4 Å². The summed E-state index contributed by atoms with van der Waals surface area (Å²) in [6, 6.07) is 11.7. The maximum absolute atomic E-state index is 5.30. The van der Waals surface area contributed by atoms with Gasteiger partial charge in [0, 0.05) is 6.20 Å². The second-order valence-corrected chi connectivity index (χ2v) is 4.74. The minimum atomic E-state index is 0.541. The number of nitrogens with zero attached hydrogens (tertiary/aromatic N) is 1. The van der Waals surface area contributed by atoms with Gasteiger partial charge in [0.15, 0.2) is 5.11 Å². The van der Waals surface area contributed by atoms with Gasteiger partial charge in [0.25, 0.3) is 0 Å². The number of anilines is 1. The number of aromatic nitrogens is 1. The largest absolute Gasteiger partial charge is 0.495 e. The predicted octanol–water partition coefficient (Wildman–Crippen LogP) is 2.89. The number of methoxy groups -OCH3 is 1. The highest BCUT2D eigenvalue weighted by atomic mass is 32.1. The molecule has 0 aliphatic heterocycles. The molecule has 1 aromatic heterocycles. The number of hydrogen-bond donors (Lipinski definition) is 2. The van der Waals surface area contributed by atoms with Crippen LogP contribution in [0.4, 0.5) is 5.69 Å². The van der Waals surface area contributed by atoms with Crippen molar-refractivity contribution in [3.8, 4) is 5.75 Å². The van der Waals surface area contributed by atoms with Crippen molar-refractivity contribution >= 4 is 23.0 Å². The minimum Gasteiger partial charge on any atom is -0.495 e. The number of thiocarbonyl (C=S) groups is 1. The Labute approximate surface area is 124 Å². The van der Waals surface area contributed by atoms with E-state index in [2.05, 4.69) is 15.6 Å². The van der Waals surface area contributed by atoms with Crippen molar-refractivity contribution in [1.82, 2.24) is 10.3 Å². The van der Waals surface area contributed by atoms with Crippen molar-refractivity contribution in [1.29, 1.82) is 0 Å². The van der Waals surface area contributed by atoms with E-state index in [4.69, 9.17) is 17.0 Å². The highest BCUT2D eigenvalue weighted by Crippen LogP contribution is 2.24. The molecule has 5 heteroatoms. The minimum absolute atomic E-state index is 0.541. The summed E-state index contributed by atoms with van der Waals surface area (Å²) in [7, 11) is 1.64. The summed E-state index contributed by atoms with van der Waals surface area (Å²) in [6.07, 6.45) is 1.76. The molecule has 0 fully saturated rings. The van der Waals surface area contributed by atoms with Crippen molar-refractivity contribution in [3.63, 3.8) is 0 Å². The van der Waals surface area contributed by atoms with E-state index in [-0.39, 0.29) is 0 Å². The van der Waals surface area contributed by atoms with E-state index in [0.29, 0.717) is 11.7 Å². The first-order chi connectivity index (χ1) is 9.69. The molecule has 0 unspecified atom stereocenters. The lowest BCUT2D eigenvalue weighted by atomic mass is 10.2. The van der Waals surface area contributed by atoms with E-state index >= 15 is 0 Å². The van der Waals surface area contributed by atoms with E-state index < -0.39 is 0 Å². The van der Waals surface area contributed by atoms with Crippen molar-refractivity contribution in [3.05, 3.63) is 53.9 Å². The average Bonchev–Trinajstić information content (AvgIpc) is 2.46. The lowest BCUT2D eigenvalue weighted by Crippen LogP contribution is -2.28. The molecule has 0 saturated carbocycles. The number of pyridine rings is 1. The molecule has 4 nitrogen and oxygen atoms in total. The third-order valence-electron chi connectivity index (χ3n) is 2.76. The molecule has 0 radical (unpaired) electrons. The number of ether oxygens (including phenoxy) is 1. The van der Waals surface area contributed by atoms with E-state index in [0.717, 1.165) is 22.7 Å². The normalized spacial score (nSPS) is 9.90. The van der Waals surface area contributed by atoms with E-state index in [1.807, 2.05) is 43.3 Å². The Kier molecular flexibility index (Phi) is 4.90. The predicted molar refractivity (Wildman–Crippen MR) is 85.0 cm³/mol. The van der Waals surface area contributed by atoms with E-state index in [1.165, 1.54) is 0 Å². The summed E-state index contributed by atoms with van der Waals surface area (Å²) < 4.78 is 5.30. The van der Waals surface area contributed by atoms with Crippen LogP contribution in [0.2, 0.25) is 0 Å². The summed E-state index contributed by atoms with van der Waals surface area (Å²) in [5.41, 5.74) is 2.93. The smallest absolute Gasteiger partial charge is 0.171 e. The fraction of sp³-hybridized carbons (Fsp3) is 0.200. The summed E-state index contributed by atoms with van der Waals surface area (Å²) in [6.45, 7) is 2.61. The molecule has 1 heterocycles. The van der Waals surface area contributed by atoms with Crippen LogP contribution in [0.25, 0.3) is 0 Å². The lowest BCUT2D eigenvalue weighted by molar-refractivity contribution is 0.417. The van der Waals surface area contributed by atoms with Crippen molar-refractivity contribution < 1.29 is 4.74 Å². The maximum atomic E-state index is 5.30. The quantitative estimate of drug-likeness (QED) is 0.847. The fourth-order valence-electron chi connectivity index (χ4n) is 1.76. The monoisotopic (exact) mass is 287 g/mol. The highest BCUT2D eigenvalue weighted by molar-refractivity contribution is 7.80. The summed E-state index contributed by atoms with van der Waals surface area (Å²) >= 11 is 5.28. The molecule has 20 heavy (non-hydrogen) atoms. The van der Waals surface area contributed by atoms with Gasteiger partial charge in [-0.1, -0.05) is 12.1 Å². The summed E-state index contributed by atoms with van der Waals surface area (Å²) in [5, 5.41) is 6.80. The van der Waals surface area contributed by atoms with Gasteiger partial charge in [0.1, 0.15) is 5.75 Å². The third kappa shape index (κ3) is 3.93. The zero-order chi connectivity index (χ0) is 14.4.